The van der Waals surface area contributed by atoms with Gasteiger partial charge in [0.15, 0.2) is 0 Å². The number of fused-ring (bicyclic) bond motifs is 5. The fourth-order valence-corrected chi connectivity index (χ4v) is 10.2. The molecule has 0 aromatic heterocycles. The number of carboxylic acids is 2. The number of esters is 1. The monoisotopic (exact) mass is 552 g/mol. The van der Waals surface area contributed by atoms with E-state index in [1.54, 1.807) is 12.1 Å². The molecule has 5 rings (SSSR count). The van der Waals surface area contributed by atoms with Crippen LogP contribution in [-0.4, -0.2) is 34.2 Å². The van der Waals surface area contributed by atoms with Gasteiger partial charge in [-0.3, -0.25) is 14.4 Å². The molecule has 4 saturated carbocycles. The SMILES string of the molecule is C[C@H](CCC(=O)O)[C@H]1CC[C@H]2[C@@H]3CC[C@@H]4C[C@H](OC(=O)Cc5ccc(CC(=O)O)cc5)CC[C@]4(C)[C@H]3CC[C@]12C. The van der Waals surface area contributed by atoms with Gasteiger partial charge in [0.25, 0.3) is 0 Å². The minimum Gasteiger partial charge on any atom is -0.481 e. The summed E-state index contributed by atoms with van der Waals surface area (Å²) in [6.07, 6.45) is 12.0. The van der Waals surface area contributed by atoms with Crippen LogP contribution in [0.4, 0.5) is 0 Å². The molecule has 6 nitrogen and oxygen atoms in total. The quantitative estimate of drug-likeness (QED) is 0.322. The molecule has 0 aliphatic heterocycles. The summed E-state index contributed by atoms with van der Waals surface area (Å²) in [5.41, 5.74) is 2.26. The van der Waals surface area contributed by atoms with Crippen LogP contribution in [0.3, 0.4) is 0 Å². The molecule has 0 unspecified atom stereocenters. The molecule has 4 aliphatic carbocycles. The highest BCUT2D eigenvalue weighted by atomic mass is 16.5. The van der Waals surface area contributed by atoms with Gasteiger partial charge in [0, 0.05) is 6.42 Å². The second kappa shape index (κ2) is 11.5. The van der Waals surface area contributed by atoms with Crippen LogP contribution < -0.4 is 0 Å². The van der Waals surface area contributed by atoms with E-state index in [4.69, 9.17) is 9.84 Å². The molecule has 40 heavy (non-hydrogen) atoms. The topological polar surface area (TPSA) is 101 Å². The molecule has 0 radical (unpaired) electrons. The van der Waals surface area contributed by atoms with Crippen molar-refractivity contribution in [1.29, 1.82) is 0 Å². The Morgan fingerprint density at radius 2 is 1.50 bits per heavy atom. The third-order valence-corrected chi connectivity index (χ3v) is 12.2. The van der Waals surface area contributed by atoms with Crippen molar-refractivity contribution in [3.05, 3.63) is 35.4 Å². The molecule has 9 atom stereocenters. The van der Waals surface area contributed by atoms with E-state index in [1.807, 2.05) is 12.1 Å². The zero-order chi connectivity index (χ0) is 28.7. The van der Waals surface area contributed by atoms with Crippen molar-refractivity contribution < 1.29 is 29.3 Å². The number of ether oxygens (including phenoxy) is 1. The van der Waals surface area contributed by atoms with Crippen LogP contribution in [-0.2, 0) is 32.0 Å². The van der Waals surface area contributed by atoms with Crippen LogP contribution in [0.25, 0.3) is 0 Å². The van der Waals surface area contributed by atoms with Gasteiger partial charge in [-0.15, -0.1) is 0 Å². The lowest BCUT2D eigenvalue weighted by atomic mass is 9.44. The summed E-state index contributed by atoms with van der Waals surface area (Å²) in [5.74, 6) is 2.30. The third-order valence-electron chi connectivity index (χ3n) is 12.2. The van der Waals surface area contributed by atoms with Crippen LogP contribution in [0.5, 0.6) is 0 Å². The summed E-state index contributed by atoms with van der Waals surface area (Å²) in [4.78, 5) is 34.9. The third kappa shape index (κ3) is 5.69. The zero-order valence-corrected chi connectivity index (χ0v) is 24.6. The standard InChI is InChI=1S/C34H48O6/c1-21(4-13-30(35)36)27-11-12-28-26-10-9-24-20-25(14-16-33(24,2)29(26)15-17-34(27,28)3)40-32(39)19-23-7-5-22(6-8-23)18-31(37)38/h5-8,21,24-29H,4,9-20H2,1-3H3,(H,35,36)(H,37,38)/t21-,24-,25-,26+,27-,28+,29+,33+,34-/m1/s1. The van der Waals surface area contributed by atoms with Crippen LogP contribution in [0.15, 0.2) is 24.3 Å². The average molecular weight is 553 g/mol. The van der Waals surface area contributed by atoms with Crippen LogP contribution in [0.2, 0.25) is 0 Å². The first-order valence-corrected chi connectivity index (χ1v) is 15.7. The summed E-state index contributed by atoms with van der Waals surface area (Å²) in [6, 6.07) is 7.21. The maximum absolute atomic E-state index is 12.8. The molecule has 1 aromatic carbocycles. The minimum absolute atomic E-state index is 0.00629. The number of hydrogen-bond acceptors (Lipinski definition) is 4. The van der Waals surface area contributed by atoms with Crippen LogP contribution >= 0.6 is 0 Å². The second-order valence-electron chi connectivity index (χ2n) is 14.2. The van der Waals surface area contributed by atoms with E-state index >= 15 is 0 Å². The summed E-state index contributed by atoms with van der Waals surface area (Å²) in [7, 11) is 0. The van der Waals surface area contributed by atoms with Crippen molar-refractivity contribution >= 4 is 17.9 Å². The molecule has 4 aliphatic rings. The smallest absolute Gasteiger partial charge is 0.310 e. The Kier molecular flexibility index (Phi) is 8.37. The fourth-order valence-electron chi connectivity index (χ4n) is 10.2. The van der Waals surface area contributed by atoms with Gasteiger partial charge in [-0.2, -0.15) is 0 Å². The second-order valence-corrected chi connectivity index (χ2v) is 14.2. The van der Waals surface area contributed by atoms with Crippen molar-refractivity contribution in [2.75, 3.05) is 0 Å². The van der Waals surface area contributed by atoms with E-state index in [0.717, 1.165) is 54.6 Å². The lowest BCUT2D eigenvalue weighted by Gasteiger charge is -2.61. The summed E-state index contributed by atoms with van der Waals surface area (Å²) in [5, 5.41) is 18.2. The van der Waals surface area contributed by atoms with E-state index in [9.17, 15) is 19.5 Å². The van der Waals surface area contributed by atoms with E-state index < -0.39 is 11.9 Å². The Morgan fingerprint density at radius 1 is 0.850 bits per heavy atom. The highest BCUT2D eigenvalue weighted by molar-refractivity contribution is 5.73. The molecular weight excluding hydrogens is 504 g/mol. The maximum Gasteiger partial charge on any atom is 0.310 e. The first kappa shape index (κ1) is 29.1. The Hall–Kier alpha value is -2.37. The van der Waals surface area contributed by atoms with Crippen molar-refractivity contribution in [2.24, 2.45) is 46.3 Å². The Bertz CT molecular complexity index is 1100. The highest BCUT2D eigenvalue weighted by Gasteiger charge is 2.60. The highest BCUT2D eigenvalue weighted by Crippen LogP contribution is 2.68. The van der Waals surface area contributed by atoms with E-state index in [2.05, 4.69) is 20.8 Å². The minimum atomic E-state index is -0.859. The fraction of sp³-hybridized carbons (Fsp3) is 0.735. The van der Waals surface area contributed by atoms with Gasteiger partial charge in [0.2, 0.25) is 0 Å². The predicted octanol–water partition coefficient (Wildman–Crippen LogP) is 6.93. The van der Waals surface area contributed by atoms with Gasteiger partial charge in [-0.25, -0.2) is 0 Å². The summed E-state index contributed by atoms with van der Waals surface area (Å²) in [6.45, 7) is 7.37. The van der Waals surface area contributed by atoms with Gasteiger partial charge >= 0.3 is 17.9 Å². The molecular formula is C34H48O6. The molecule has 220 valence electrons. The Balaban J connectivity index is 1.17. The molecule has 0 bridgehead atoms. The van der Waals surface area contributed by atoms with Gasteiger partial charge in [-0.05, 0) is 122 Å². The van der Waals surface area contributed by atoms with Gasteiger partial charge < -0.3 is 14.9 Å². The van der Waals surface area contributed by atoms with Crippen molar-refractivity contribution in [1.82, 2.24) is 0 Å². The van der Waals surface area contributed by atoms with Gasteiger partial charge in [0.05, 0.1) is 12.8 Å². The lowest BCUT2D eigenvalue weighted by Crippen LogP contribution is -2.54. The molecule has 6 heteroatoms. The number of benzene rings is 1. The maximum atomic E-state index is 12.8. The largest absolute Gasteiger partial charge is 0.481 e. The van der Waals surface area contributed by atoms with Crippen LogP contribution in [0, 0.1) is 46.3 Å². The molecule has 2 N–H and O–H groups in total. The van der Waals surface area contributed by atoms with Gasteiger partial charge in [-0.1, -0.05) is 45.0 Å². The number of carbonyl (C=O) groups is 3. The molecule has 0 amide bonds. The number of rotatable bonds is 9. The zero-order valence-electron chi connectivity index (χ0n) is 24.6. The molecule has 0 heterocycles. The van der Waals surface area contributed by atoms with Crippen molar-refractivity contribution in [3.63, 3.8) is 0 Å². The summed E-state index contributed by atoms with van der Waals surface area (Å²) < 4.78 is 6.01. The number of hydrogen-bond donors (Lipinski definition) is 2. The van der Waals surface area contributed by atoms with E-state index in [-0.39, 0.29) is 31.3 Å². The van der Waals surface area contributed by atoms with Gasteiger partial charge in [0.1, 0.15) is 6.10 Å². The van der Waals surface area contributed by atoms with Crippen molar-refractivity contribution in [2.45, 2.75) is 110 Å². The van der Waals surface area contributed by atoms with E-state index in [1.165, 1.54) is 38.5 Å². The normalized spacial score (nSPS) is 37.5. The lowest BCUT2D eigenvalue weighted by molar-refractivity contribution is -0.162. The number of carbonyl (C=O) groups excluding carboxylic acids is 1. The molecule has 4 fully saturated rings. The average Bonchev–Trinajstić information content (AvgIpc) is 3.25. The Labute approximate surface area is 239 Å². The number of aliphatic carboxylic acids is 2. The van der Waals surface area contributed by atoms with E-state index in [0.29, 0.717) is 28.6 Å². The molecule has 0 spiro atoms. The first-order chi connectivity index (χ1) is 19.0. The van der Waals surface area contributed by atoms with Crippen LogP contribution in [0.1, 0.15) is 103 Å². The summed E-state index contributed by atoms with van der Waals surface area (Å²) >= 11 is 0. The molecule has 1 aromatic rings. The molecule has 0 saturated heterocycles. The predicted molar refractivity (Wildman–Crippen MR) is 153 cm³/mol. The number of carboxylic acid groups (broad SMARTS) is 2. The van der Waals surface area contributed by atoms with Crippen molar-refractivity contribution in [3.8, 4) is 0 Å². The first-order valence-electron chi connectivity index (χ1n) is 15.7. The Morgan fingerprint density at radius 3 is 2.17 bits per heavy atom.